The zero-order valence-corrected chi connectivity index (χ0v) is 9.90. The van der Waals surface area contributed by atoms with Gasteiger partial charge in [0.15, 0.2) is 0 Å². The van der Waals surface area contributed by atoms with Crippen molar-refractivity contribution >= 4 is 11.3 Å². The van der Waals surface area contributed by atoms with Crippen LogP contribution >= 0.6 is 11.3 Å². The summed E-state index contributed by atoms with van der Waals surface area (Å²) in [6.07, 6.45) is 0.585. The Morgan fingerprint density at radius 3 is 2.71 bits per heavy atom. The van der Waals surface area contributed by atoms with Crippen molar-refractivity contribution in [3.8, 4) is 0 Å². The van der Waals surface area contributed by atoms with Crippen molar-refractivity contribution in [1.82, 2.24) is 5.32 Å². The molecule has 0 saturated heterocycles. The number of aliphatic hydroxyl groups is 1. The van der Waals surface area contributed by atoms with Gasteiger partial charge in [-0.15, -0.1) is 11.3 Å². The number of aliphatic hydroxyl groups excluding tert-OH is 1. The summed E-state index contributed by atoms with van der Waals surface area (Å²) >= 11 is 1.81. The molecule has 1 aromatic rings. The highest BCUT2D eigenvalue weighted by atomic mass is 32.1. The predicted molar refractivity (Wildman–Crippen MR) is 61.8 cm³/mol. The lowest BCUT2D eigenvalue weighted by molar-refractivity contribution is 0.164. The maximum atomic E-state index is 9.40. The number of thiophene rings is 1. The van der Waals surface area contributed by atoms with Crippen LogP contribution in [0.15, 0.2) is 12.1 Å². The summed E-state index contributed by atoms with van der Waals surface area (Å²) in [6.45, 7) is 6.91. The van der Waals surface area contributed by atoms with Crippen LogP contribution in [-0.4, -0.2) is 17.8 Å². The van der Waals surface area contributed by atoms with Crippen molar-refractivity contribution in [1.29, 1.82) is 0 Å². The van der Waals surface area contributed by atoms with E-state index in [9.17, 15) is 5.11 Å². The summed E-state index contributed by atoms with van der Waals surface area (Å²) in [4.78, 5) is 2.68. The Bertz CT molecular complexity index is 272. The van der Waals surface area contributed by atoms with Crippen LogP contribution in [0.3, 0.4) is 0 Å². The molecule has 0 radical (unpaired) electrons. The van der Waals surface area contributed by atoms with Crippen LogP contribution in [0.4, 0.5) is 0 Å². The third kappa shape index (κ3) is 3.40. The van der Waals surface area contributed by atoms with Gasteiger partial charge in [-0.05, 0) is 32.4 Å². The molecule has 0 aliphatic heterocycles. The van der Waals surface area contributed by atoms with E-state index >= 15 is 0 Å². The Balaban J connectivity index is 2.39. The van der Waals surface area contributed by atoms with Crippen molar-refractivity contribution in [2.75, 3.05) is 6.54 Å². The summed E-state index contributed by atoms with van der Waals surface area (Å²) < 4.78 is 0. The van der Waals surface area contributed by atoms with E-state index in [1.54, 1.807) is 0 Å². The van der Waals surface area contributed by atoms with E-state index in [0.717, 1.165) is 6.42 Å². The average Bonchev–Trinajstić information content (AvgIpc) is 2.60. The monoisotopic (exact) mass is 213 g/mol. The van der Waals surface area contributed by atoms with Gasteiger partial charge in [0, 0.05) is 22.3 Å². The zero-order chi connectivity index (χ0) is 10.6. The number of hydrogen-bond donors (Lipinski definition) is 2. The summed E-state index contributed by atoms with van der Waals surface area (Å²) in [5, 5.41) is 12.7. The molecule has 3 heteroatoms. The minimum atomic E-state index is -0.224. The number of rotatable bonds is 5. The lowest BCUT2D eigenvalue weighted by Crippen LogP contribution is -2.28. The lowest BCUT2D eigenvalue weighted by atomic mass is 10.2. The third-order valence-electron chi connectivity index (χ3n) is 2.32. The van der Waals surface area contributed by atoms with Crippen molar-refractivity contribution in [3.63, 3.8) is 0 Å². The number of aryl methyl sites for hydroxylation is 1. The van der Waals surface area contributed by atoms with Crippen LogP contribution in [-0.2, 0) is 0 Å². The minimum Gasteiger partial charge on any atom is -0.392 e. The van der Waals surface area contributed by atoms with E-state index in [-0.39, 0.29) is 6.10 Å². The molecule has 2 N–H and O–H groups in total. The molecular formula is C11H19NOS. The van der Waals surface area contributed by atoms with Gasteiger partial charge in [0.25, 0.3) is 0 Å². The highest BCUT2D eigenvalue weighted by Crippen LogP contribution is 2.22. The molecule has 1 aromatic heterocycles. The fourth-order valence-electron chi connectivity index (χ4n) is 1.24. The average molecular weight is 213 g/mol. The minimum absolute atomic E-state index is 0.224. The second-order valence-electron chi connectivity index (χ2n) is 3.64. The van der Waals surface area contributed by atoms with Crippen LogP contribution in [0, 0.1) is 6.92 Å². The molecule has 14 heavy (non-hydrogen) atoms. The van der Waals surface area contributed by atoms with Crippen LogP contribution < -0.4 is 5.32 Å². The summed E-state index contributed by atoms with van der Waals surface area (Å²) in [5.74, 6) is 0. The maximum absolute atomic E-state index is 9.40. The first kappa shape index (κ1) is 11.7. The van der Waals surface area contributed by atoms with Gasteiger partial charge in [-0.3, -0.25) is 0 Å². The normalized spacial score (nSPS) is 15.4. The second kappa shape index (κ2) is 5.49. The van der Waals surface area contributed by atoms with Gasteiger partial charge in [0.1, 0.15) is 0 Å². The van der Waals surface area contributed by atoms with Crippen LogP contribution in [0.1, 0.15) is 36.1 Å². The molecule has 0 amide bonds. The molecule has 1 heterocycles. The Labute approximate surface area is 90.0 Å². The molecule has 0 aliphatic carbocycles. The molecular weight excluding hydrogens is 194 g/mol. The Hall–Kier alpha value is -0.380. The SMILES string of the molecule is CCC(O)CNC(C)c1ccc(C)s1. The molecule has 0 bridgehead atoms. The highest BCUT2D eigenvalue weighted by molar-refractivity contribution is 7.12. The molecule has 2 unspecified atom stereocenters. The Morgan fingerprint density at radius 1 is 1.50 bits per heavy atom. The first-order valence-corrected chi connectivity index (χ1v) is 5.93. The number of hydrogen-bond acceptors (Lipinski definition) is 3. The van der Waals surface area contributed by atoms with Crippen molar-refractivity contribution in [2.45, 2.75) is 39.3 Å². The van der Waals surface area contributed by atoms with Gasteiger partial charge >= 0.3 is 0 Å². The molecule has 0 aromatic carbocycles. The van der Waals surface area contributed by atoms with E-state index < -0.39 is 0 Å². The molecule has 80 valence electrons. The smallest absolute Gasteiger partial charge is 0.0662 e. The van der Waals surface area contributed by atoms with Crippen molar-refractivity contribution < 1.29 is 5.11 Å². The second-order valence-corrected chi connectivity index (χ2v) is 4.96. The van der Waals surface area contributed by atoms with Gasteiger partial charge in [0.2, 0.25) is 0 Å². The van der Waals surface area contributed by atoms with Crippen molar-refractivity contribution in [3.05, 3.63) is 21.9 Å². The standard InChI is InChI=1S/C11H19NOS/c1-4-10(13)7-12-9(3)11-6-5-8(2)14-11/h5-6,9-10,12-13H,4,7H2,1-3H3. The predicted octanol–water partition coefficient (Wildman–Crippen LogP) is 2.48. The number of nitrogens with one attached hydrogen (secondary N) is 1. The summed E-state index contributed by atoms with van der Waals surface area (Å²) in [6, 6.07) is 4.62. The van der Waals surface area contributed by atoms with Crippen LogP contribution in [0.25, 0.3) is 0 Å². The van der Waals surface area contributed by atoms with Crippen molar-refractivity contribution in [2.24, 2.45) is 0 Å². The first-order chi connectivity index (χ1) is 6.63. The largest absolute Gasteiger partial charge is 0.392 e. The Kier molecular flexibility index (Phi) is 4.58. The fourth-order valence-corrected chi connectivity index (χ4v) is 2.15. The summed E-state index contributed by atoms with van der Waals surface area (Å²) in [5.41, 5.74) is 0. The fraction of sp³-hybridized carbons (Fsp3) is 0.636. The molecule has 0 spiro atoms. The topological polar surface area (TPSA) is 32.3 Å². The quantitative estimate of drug-likeness (QED) is 0.787. The van der Waals surface area contributed by atoms with E-state index in [1.165, 1.54) is 9.75 Å². The van der Waals surface area contributed by atoms with Gasteiger partial charge < -0.3 is 10.4 Å². The van der Waals surface area contributed by atoms with Gasteiger partial charge in [-0.2, -0.15) is 0 Å². The van der Waals surface area contributed by atoms with Gasteiger partial charge in [0.05, 0.1) is 6.10 Å². The maximum Gasteiger partial charge on any atom is 0.0662 e. The highest BCUT2D eigenvalue weighted by Gasteiger charge is 2.08. The van der Waals surface area contributed by atoms with Crippen LogP contribution in [0.2, 0.25) is 0 Å². The van der Waals surface area contributed by atoms with Gasteiger partial charge in [-0.25, -0.2) is 0 Å². The van der Waals surface area contributed by atoms with E-state index in [2.05, 4.69) is 31.3 Å². The van der Waals surface area contributed by atoms with E-state index in [0.29, 0.717) is 12.6 Å². The first-order valence-electron chi connectivity index (χ1n) is 5.11. The molecule has 0 fully saturated rings. The lowest BCUT2D eigenvalue weighted by Gasteiger charge is -2.14. The molecule has 0 aliphatic rings. The third-order valence-corrected chi connectivity index (χ3v) is 3.50. The molecule has 2 nitrogen and oxygen atoms in total. The molecule has 2 atom stereocenters. The van der Waals surface area contributed by atoms with E-state index in [4.69, 9.17) is 0 Å². The Morgan fingerprint density at radius 2 is 2.21 bits per heavy atom. The summed E-state index contributed by atoms with van der Waals surface area (Å²) in [7, 11) is 0. The van der Waals surface area contributed by atoms with Gasteiger partial charge in [-0.1, -0.05) is 6.92 Å². The van der Waals surface area contributed by atoms with E-state index in [1.807, 2.05) is 18.3 Å². The molecule has 1 rings (SSSR count). The van der Waals surface area contributed by atoms with Crippen LogP contribution in [0.5, 0.6) is 0 Å². The zero-order valence-electron chi connectivity index (χ0n) is 9.08. The molecule has 0 saturated carbocycles.